The highest BCUT2D eigenvalue weighted by atomic mass is 79.9. The van der Waals surface area contributed by atoms with Crippen molar-refractivity contribution in [2.24, 2.45) is 0 Å². The van der Waals surface area contributed by atoms with Gasteiger partial charge in [0.1, 0.15) is 17.6 Å². The molecule has 8 nitrogen and oxygen atoms in total. The largest absolute Gasteiger partial charge is 0.496 e. The van der Waals surface area contributed by atoms with Crippen molar-refractivity contribution in [2.75, 3.05) is 30.9 Å². The molecule has 41 heavy (non-hydrogen) atoms. The number of ether oxygens (including phenoxy) is 1. The average molecular weight is 622 g/mol. The van der Waals surface area contributed by atoms with Crippen molar-refractivity contribution in [3.8, 4) is 5.75 Å². The van der Waals surface area contributed by atoms with E-state index in [0.717, 1.165) is 26.9 Å². The minimum atomic E-state index is -0.891. The SMILES string of the molecule is CNCC(=O)NC(C)C(=O)N(Cc1c(OC)ccc2cc(Br)ccc12)c1ccccc1NC(=O)c1cccc(F)c1. The van der Waals surface area contributed by atoms with Crippen LogP contribution in [0.2, 0.25) is 0 Å². The molecule has 4 rings (SSSR count). The molecule has 4 aromatic rings. The van der Waals surface area contributed by atoms with Gasteiger partial charge in [-0.15, -0.1) is 0 Å². The molecule has 0 saturated carbocycles. The van der Waals surface area contributed by atoms with Crippen LogP contribution in [0.1, 0.15) is 22.8 Å². The maximum atomic E-state index is 14.0. The molecular formula is C31H30BrFN4O4. The third kappa shape index (κ3) is 7.08. The van der Waals surface area contributed by atoms with Crippen LogP contribution in [0.25, 0.3) is 10.8 Å². The van der Waals surface area contributed by atoms with Crippen molar-refractivity contribution in [2.45, 2.75) is 19.5 Å². The lowest BCUT2D eigenvalue weighted by molar-refractivity contribution is -0.126. The smallest absolute Gasteiger partial charge is 0.255 e. The summed E-state index contributed by atoms with van der Waals surface area (Å²) in [5.74, 6) is -1.24. The highest BCUT2D eigenvalue weighted by molar-refractivity contribution is 9.10. The van der Waals surface area contributed by atoms with Crippen molar-refractivity contribution in [3.63, 3.8) is 0 Å². The van der Waals surface area contributed by atoms with Crippen LogP contribution >= 0.6 is 15.9 Å². The lowest BCUT2D eigenvalue weighted by Gasteiger charge is -2.29. The van der Waals surface area contributed by atoms with Gasteiger partial charge < -0.3 is 25.6 Å². The summed E-state index contributed by atoms with van der Waals surface area (Å²) in [5, 5.41) is 10.1. The Balaban J connectivity index is 1.80. The zero-order chi connectivity index (χ0) is 29.5. The van der Waals surface area contributed by atoms with Gasteiger partial charge in [-0.25, -0.2) is 4.39 Å². The van der Waals surface area contributed by atoms with Gasteiger partial charge >= 0.3 is 0 Å². The van der Waals surface area contributed by atoms with Gasteiger partial charge in [-0.1, -0.05) is 46.3 Å². The fourth-order valence-electron chi connectivity index (χ4n) is 4.53. The van der Waals surface area contributed by atoms with Crippen molar-refractivity contribution < 1.29 is 23.5 Å². The first-order chi connectivity index (χ1) is 19.7. The monoisotopic (exact) mass is 620 g/mol. The van der Waals surface area contributed by atoms with Crippen LogP contribution < -0.4 is 25.6 Å². The maximum Gasteiger partial charge on any atom is 0.255 e. The highest BCUT2D eigenvalue weighted by Crippen LogP contribution is 2.35. The Morgan fingerprint density at radius 3 is 2.51 bits per heavy atom. The number of halogens is 2. The third-order valence-electron chi connectivity index (χ3n) is 6.47. The summed E-state index contributed by atoms with van der Waals surface area (Å²) in [6.45, 7) is 1.72. The van der Waals surface area contributed by atoms with Crippen molar-refractivity contribution in [1.29, 1.82) is 0 Å². The number of fused-ring (bicyclic) bond motifs is 1. The quantitative estimate of drug-likeness (QED) is 0.225. The van der Waals surface area contributed by atoms with Crippen LogP contribution in [0, 0.1) is 5.82 Å². The number of nitrogens with zero attached hydrogens (tertiary/aromatic N) is 1. The van der Waals surface area contributed by atoms with Crippen LogP contribution in [0.3, 0.4) is 0 Å². The van der Waals surface area contributed by atoms with Crippen LogP contribution in [0.15, 0.2) is 83.3 Å². The molecule has 0 aliphatic carbocycles. The van der Waals surface area contributed by atoms with Gasteiger partial charge in [0.05, 0.1) is 31.6 Å². The Hall–Kier alpha value is -4.28. The molecule has 0 aliphatic heterocycles. The lowest BCUT2D eigenvalue weighted by atomic mass is 10.0. The Morgan fingerprint density at radius 2 is 1.78 bits per heavy atom. The zero-order valence-electron chi connectivity index (χ0n) is 22.8. The van der Waals surface area contributed by atoms with E-state index in [-0.39, 0.29) is 24.6 Å². The maximum absolute atomic E-state index is 14.0. The second-order valence-corrected chi connectivity index (χ2v) is 10.3. The average Bonchev–Trinajstić information content (AvgIpc) is 2.95. The molecule has 4 aromatic carbocycles. The van der Waals surface area contributed by atoms with Gasteiger partial charge in [-0.05, 0) is 73.3 Å². The lowest BCUT2D eigenvalue weighted by Crippen LogP contribution is -2.48. The van der Waals surface area contributed by atoms with E-state index in [9.17, 15) is 18.8 Å². The number of carbonyl (C=O) groups is 3. The van der Waals surface area contributed by atoms with Gasteiger partial charge in [0.25, 0.3) is 5.91 Å². The number of benzene rings is 4. The van der Waals surface area contributed by atoms with E-state index in [0.29, 0.717) is 17.1 Å². The number of hydrogen-bond acceptors (Lipinski definition) is 5. The summed E-state index contributed by atoms with van der Waals surface area (Å²) in [6.07, 6.45) is 0. The van der Waals surface area contributed by atoms with E-state index < -0.39 is 23.7 Å². The highest BCUT2D eigenvalue weighted by Gasteiger charge is 2.27. The molecule has 0 bridgehead atoms. The van der Waals surface area contributed by atoms with E-state index in [2.05, 4.69) is 31.9 Å². The number of hydrogen-bond donors (Lipinski definition) is 3. The number of methoxy groups -OCH3 is 1. The molecule has 0 aromatic heterocycles. The molecular weight excluding hydrogens is 591 g/mol. The summed E-state index contributed by atoms with van der Waals surface area (Å²) in [6, 6.07) is 20.9. The number of anilines is 2. The Morgan fingerprint density at radius 1 is 1.00 bits per heavy atom. The molecule has 10 heteroatoms. The predicted molar refractivity (Wildman–Crippen MR) is 162 cm³/mol. The number of carbonyl (C=O) groups excluding carboxylic acids is 3. The molecule has 0 fully saturated rings. The van der Waals surface area contributed by atoms with Gasteiger partial charge in [-0.3, -0.25) is 14.4 Å². The predicted octanol–water partition coefficient (Wildman–Crippen LogP) is 5.26. The first kappa shape index (κ1) is 29.7. The molecule has 1 atom stereocenters. The van der Waals surface area contributed by atoms with E-state index in [1.165, 1.54) is 23.1 Å². The van der Waals surface area contributed by atoms with Gasteiger partial charge in [-0.2, -0.15) is 0 Å². The van der Waals surface area contributed by atoms with Crippen molar-refractivity contribution in [1.82, 2.24) is 10.6 Å². The van der Waals surface area contributed by atoms with E-state index >= 15 is 0 Å². The third-order valence-corrected chi connectivity index (χ3v) is 6.96. The summed E-state index contributed by atoms with van der Waals surface area (Å²) in [5.41, 5.74) is 1.61. The number of para-hydroxylation sites is 2. The first-order valence-electron chi connectivity index (χ1n) is 12.9. The second-order valence-electron chi connectivity index (χ2n) is 9.34. The summed E-state index contributed by atoms with van der Waals surface area (Å²) >= 11 is 3.51. The standard InChI is InChI=1S/C31H30BrFN4O4/c1-19(35-29(38)17-34-2)31(40)37(18-25-24-13-12-22(32)15-20(24)11-14-28(25)41-3)27-10-5-4-9-26(27)36-30(39)21-7-6-8-23(33)16-21/h4-16,19,34H,17-18H2,1-3H3,(H,35,38)(H,36,39). The number of amides is 3. The molecule has 0 saturated heterocycles. The normalized spacial score (nSPS) is 11.5. The molecule has 3 amide bonds. The Bertz CT molecular complexity index is 1600. The van der Waals surface area contributed by atoms with Gasteiger partial charge in [0, 0.05) is 15.6 Å². The number of nitrogens with one attached hydrogen (secondary N) is 3. The van der Waals surface area contributed by atoms with E-state index in [1.807, 2.05) is 30.3 Å². The van der Waals surface area contributed by atoms with Gasteiger partial charge in [0.15, 0.2) is 0 Å². The van der Waals surface area contributed by atoms with E-state index in [4.69, 9.17) is 4.74 Å². The number of rotatable bonds is 10. The van der Waals surface area contributed by atoms with E-state index in [1.54, 1.807) is 45.3 Å². The Labute approximate surface area is 246 Å². The number of likely N-dealkylation sites (N-methyl/N-ethyl adjacent to an activating group) is 1. The molecule has 0 aliphatic rings. The minimum absolute atomic E-state index is 0.0456. The first-order valence-corrected chi connectivity index (χ1v) is 13.7. The van der Waals surface area contributed by atoms with Crippen LogP contribution in [0.5, 0.6) is 5.75 Å². The summed E-state index contributed by atoms with van der Waals surface area (Å²) < 4.78 is 20.4. The van der Waals surface area contributed by atoms with Crippen LogP contribution in [-0.4, -0.2) is 44.5 Å². The molecule has 0 spiro atoms. The second kappa shape index (κ2) is 13.4. The van der Waals surface area contributed by atoms with Crippen molar-refractivity contribution >= 4 is 55.8 Å². The van der Waals surface area contributed by atoms with Crippen LogP contribution in [0.4, 0.5) is 15.8 Å². The fraction of sp³-hybridized carbons (Fsp3) is 0.194. The molecule has 0 radical (unpaired) electrons. The van der Waals surface area contributed by atoms with Crippen molar-refractivity contribution in [3.05, 3.63) is 100 Å². The minimum Gasteiger partial charge on any atom is -0.496 e. The Kier molecular flexibility index (Phi) is 9.69. The molecule has 0 heterocycles. The zero-order valence-corrected chi connectivity index (χ0v) is 24.4. The summed E-state index contributed by atoms with van der Waals surface area (Å²) in [7, 11) is 3.20. The summed E-state index contributed by atoms with van der Waals surface area (Å²) in [4.78, 5) is 40.9. The van der Waals surface area contributed by atoms with Gasteiger partial charge in [0.2, 0.25) is 11.8 Å². The molecule has 3 N–H and O–H groups in total. The molecule has 212 valence electrons. The van der Waals surface area contributed by atoms with Crippen LogP contribution in [-0.2, 0) is 16.1 Å². The topological polar surface area (TPSA) is 99.8 Å². The molecule has 1 unspecified atom stereocenters. The fourth-order valence-corrected chi connectivity index (χ4v) is 4.91.